The number of piperazine rings is 1. The molecule has 152 valence electrons. The smallest absolute Gasteiger partial charge is 0.369 e. The zero-order valence-corrected chi connectivity index (χ0v) is 16.9. The van der Waals surface area contributed by atoms with Crippen molar-refractivity contribution in [3.63, 3.8) is 0 Å². The summed E-state index contributed by atoms with van der Waals surface area (Å²) in [6.07, 6.45) is -5.08. The predicted molar refractivity (Wildman–Crippen MR) is 102 cm³/mol. The molecule has 1 aliphatic heterocycles. The second-order valence-corrected chi connectivity index (χ2v) is 7.55. The zero-order chi connectivity index (χ0) is 20.6. The summed E-state index contributed by atoms with van der Waals surface area (Å²) >= 11 is 17.8. The van der Waals surface area contributed by atoms with Crippen LogP contribution in [0.5, 0.6) is 0 Å². The number of nitrogens with zero attached hydrogens (tertiary/aromatic N) is 4. The van der Waals surface area contributed by atoms with Gasteiger partial charge in [-0.1, -0.05) is 34.8 Å². The van der Waals surface area contributed by atoms with Gasteiger partial charge in [-0.25, -0.2) is 4.68 Å². The topological polar surface area (TPSA) is 41.4 Å². The first-order valence-corrected chi connectivity index (χ1v) is 9.48. The minimum Gasteiger partial charge on any atom is -0.369 e. The molecule has 0 aliphatic carbocycles. The second kappa shape index (κ2) is 8.10. The van der Waals surface area contributed by atoms with Crippen molar-refractivity contribution >= 4 is 46.8 Å². The molecule has 0 amide bonds. The molecule has 1 aromatic heterocycles. The van der Waals surface area contributed by atoms with Gasteiger partial charge in [0.1, 0.15) is 0 Å². The molecular formula is C17H16Cl3F3N4O. The van der Waals surface area contributed by atoms with Gasteiger partial charge in [0.25, 0.3) is 0 Å². The monoisotopic (exact) mass is 454 g/mol. The lowest BCUT2D eigenvalue weighted by atomic mass is 10.2. The highest BCUT2D eigenvalue weighted by molar-refractivity contribution is 6.42. The summed E-state index contributed by atoms with van der Waals surface area (Å²) in [5, 5.41) is 3.97. The van der Waals surface area contributed by atoms with E-state index in [2.05, 4.69) is 10.00 Å². The van der Waals surface area contributed by atoms with Crippen LogP contribution in [0.2, 0.25) is 15.1 Å². The van der Waals surface area contributed by atoms with Crippen molar-refractivity contribution in [3.05, 3.63) is 44.7 Å². The van der Waals surface area contributed by atoms with Crippen molar-refractivity contribution in [2.24, 2.45) is 0 Å². The summed E-state index contributed by atoms with van der Waals surface area (Å²) in [6, 6.07) is 5.30. The summed E-state index contributed by atoms with van der Waals surface area (Å²) in [5.74, 6) is 0. The molecule has 1 saturated heterocycles. The van der Waals surface area contributed by atoms with Gasteiger partial charge in [-0.3, -0.25) is 9.69 Å². The predicted octanol–water partition coefficient (Wildman–Crippen LogP) is 4.69. The van der Waals surface area contributed by atoms with Gasteiger partial charge >= 0.3 is 6.18 Å². The maximum atomic E-state index is 13.1. The van der Waals surface area contributed by atoms with Gasteiger partial charge < -0.3 is 4.90 Å². The maximum absolute atomic E-state index is 13.1. The molecule has 11 heteroatoms. The highest BCUT2D eigenvalue weighted by Crippen LogP contribution is 2.36. The number of alkyl halides is 3. The lowest BCUT2D eigenvalue weighted by Crippen LogP contribution is -2.49. The largest absolute Gasteiger partial charge is 0.436 e. The highest BCUT2D eigenvalue weighted by atomic mass is 35.5. The molecule has 1 unspecified atom stereocenters. The fourth-order valence-corrected chi connectivity index (χ4v) is 3.69. The molecule has 0 spiro atoms. The molecule has 0 N–H and O–H groups in total. The van der Waals surface area contributed by atoms with E-state index in [4.69, 9.17) is 34.8 Å². The van der Waals surface area contributed by atoms with Crippen LogP contribution in [0, 0.1) is 6.92 Å². The summed E-state index contributed by atoms with van der Waals surface area (Å²) in [7, 11) is 0. The molecule has 5 nitrogen and oxygen atoms in total. The van der Waals surface area contributed by atoms with E-state index in [0.717, 1.165) is 10.4 Å². The lowest BCUT2D eigenvalue weighted by molar-refractivity contribution is -0.142. The van der Waals surface area contributed by atoms with E-state index in [0.29, 0.717) is 42.5 Å². The Morgan fingerprint density at radius 2 is 1.75 bits per heavy atom. The van der Waals surface area contributed by atoms with Crippen LogP contribution < -0.4 is 4.90 Å². The summed E-state index contributed by atoms with van der Waals surface area (Å²) < 4.78 is 40.2. The van der Waals surface area contributed by atoms with Crippen LogP contribution in [0.25, 0.3) is 0 Å². The number of hydrogen-bond donors (Lipinski definition) is 0. The molecule has 1 fully saturated rings. The molecule has 0 saturated carbocycles. The van der Waals surface area contributed by atoms with E-state index in [1.54, 1.807) is 17.0 Å². The van der Waals surface area contributed by atoms with Crippen molar-refractivity contribution in [1.29, 1.82) is 0 Å². The zero-order valence-electron chi connectivity index (χ0n) is 14.7. The number of aldehydes is 1. The molecule has 2 heterocycles. The Morgan fingerprint density at radius 1 is 1.11 bits per heavy atom. The number of rotatable bonds is 4. The summed E-state index contributed by atoms with van der Waals surface area (Å²) in [4.78, 5) is 15.5. The van der Waals surface area contributed by atoms with Crippen molar-refractivity contribution in [1.82, 2.24) is 14.7 Å². The molecule has 3 rings (SSSR count). The molecule has 2 aromatic rings. The minimum absolute atomic E-state index is 0.0954. The van der Waals surface area contributed by atoms with Gasteiger partial charge in [0.2, 0.25) is 0 Å². The van der Waals surface area contributed by atoms with E-state index in [-0.39, 0.29) is 5.69 Å². The standard InChI is InChI=1S/C17H16Cl3F3N4O/c1-10-15(20)16(17(21,22)23)24-27(10)14(9-28)26-6-4-25(5-7-26)11-2-3-12(18)13(19)8-11/h2-3,8-9,14H,4-7H2,1H3. The van der Waals surface area contributed by atoms with Gasteiger partial charge in [-0.15, -0.1) is 0 Å². The van der Waals surface area contributed by atoms with Gasteiger partial charge in [0, 0.05) is 31.9 Å². The van der Waals surface area contributed by atoms with E-state index < -0.39 is 23.1 Å². The first-order chi connectivity index (χ1) is 13.1. The van der Waals surface area contributed by atoms with Crippen molar-refractivity contribution < 1.29 is 18.0 Å². The summed E-state index contributed by atoms with van der Waals surface area (Å²) in [5.41, 5.74) is -0.208. The Balaban J connectivity index is 1.77. The van der Waals surface area contributed by atoms with Crippen LogP contribution in [0.4, 0.5) is 18.9 Å². The number of carbonyl (C=O) groups is 1. The second-order valence-electron chi connectivity index (χ2n) is 6.36. The number of aromatic nitrogens is 2. The Morgan fingerprint density at radius 3 is 2.25 bits per heavy atom. The number of halogens is 6. The quantitative estimate of drug-likeness (QED) is 0.627. The number of benzene rings is 1. The van der Waals surface area contributed by atoms with Crippen LogP contribution in [-0.4, -0.2) is 47.1 Å². The normalized spacial score (nSPS) is 17.0. The van der Waals surface area contributed by atoms with Gasteiger partial charge in [0.05, 0.1) is 20.8 Å². The highest BCUT2D eigenvalue weighted by Gasteiger charge is 2.39. The van der Waals surface area contributed by atoms with Gasteiger partial charge in [0.15, 0.2) is 18.1 Å². The SMILES string of the molecule is Cc1c(Cl)c(C(F)(F)F)nn1C(C=O)N1CCN(c2ccc(Cl)c(Cl)c2)CC1. The Labute approximate surface area is 174 Å². The Hall–Kier alpha value is -1.48. The average Bonchev–Trinajstić information content (AvgIpc) is 2.94. The van der Waals surface area contributed by atoms with Crippen LogP contribution in [0.1, 0.15) is 17.6 Å². The van der Waals surface area contributed by atoms with Gasteiger partial charge in [-0.05, 0) is 25.1 Å². The van der Waals surface area contributed by atoms with Crippen molar-refractivity contribution in [2.45, 2.75) is 19.3 Å². The lowest BCUT2D eigenvalue weighted by Gasteiger charge is -2.38. The molecule has 28 heavy (non-hydrogen) atoms. The van der Waals surface area contributed by atoms with Gasteiger partial charge in [-0.2, -0.15) is 18.3 Å². The van der Waals surface area contributed by atoms with Crippen LogP contribution in [0.3, 0.4) is 0 Å². The van der Waals surface area contributed by atoms with E-state index in [1.165, 1.54) is 6.92 Å². The molecular weight excluding hydrogens is 440 g/mol. The number of anilines is 1. The maximum Gasteiger partial charge on any atom is 0.436 e. The molecule has 1 aromatic carbocycles. The number of carbonyl (C=O) groups excluding carboxylic acids is 1. The molecule has 0 bridgehead atoms. The first kappa shape index (κ1) is 21.2. The molecule has 0 radical (unpaired) electrons. The van der Waals surface area contributed by atoms with Crippen LogP contribution in [-0.2, 0) is 11.0 Å². The van der Waals surface area contributed by atoms with Crippen molar-refractivity contribution in [3.8, 4) is 0 Å². The third-order valence-corrected chi connectivity index (χ3v) is 5.87. The van der Waals surface area contributed by atoms with E-state index >= 15 is 0 Å². The third kappa shape index (κ3) is 4.10. The fourth-order valence-electron chi connectivity index (χ4n) is 3.16. The van der Waals surface area contributed by atoms with Crippen LogP contribution in [0.15, 0.2) is 18.2 Å². The molecule has 1 aliphatic rings. The number of hydrogen-bond acceptors (Lipinski definition) is 4. The average molecular weight is 456 g/mol. The molecule has 1 atom stereocenters. The fraction of sp³-hybridized carbons (Fsp3) is 0.412. The Kier molecular flexibility index (Phi) is 6.14. The van der Waals surface area contributed by atoms with Crippen LogP contribution >= 0.6 is 34.8 Å². The summed E-state index contributed by atoms with van der Waals surface area (Å²) in [6.45, 7) is 3.42. The van der Waals surface area contributed by atoms with E-state index in [9.17, 15) is 18.0 Å². The van der Waals surface area contributed by atoms with Crippen molar-refractivity contribution in [2.75, 3.05) is 31.1 Å². The third-order valence-electron chi connectivity index (χ3n) is 4.67. The van der Waals surface area contributed by atoms with E-state index in [1.807, 2.05) is 6.07 Å². The first-order valence-electron chi connectivity index (χ1n) is 8.34. The Bertz CT molecular complexity index is 879. The minimum atomic E-state index is -4.69.